The molecule has 1 aliphatic rings. The Hall–Kier alpha value is -2.51. The molecule has 1 fully saturated rings. The van der Waals surface area contributed by atoms with Crippen LogP contribution in [0.25, 0.3) is 10.8 Å². The minimum atomic E-state index is -0.269. The molecule has 0 aliphatic carbocycles. The zero-order chi connectivity index (χ0) is 21.3. The van der Waals surface area contributed by atoms with Gasteiger partial charge >= 0.3 is 0 Å². The first-order valence-electron chi connectivity index (χ1n) is 9.42. The highest BCUT2D eigenvalue weighted by atomic mass is 79.9. The van der Waals surface area contributed by atoms with E-state index in [1.54, 1.807) is 26.2 Å². The summed E-state index contributed by atoms with van der Waals surface area (Å²) in [6.07, 6.45) is 0.543. The van der Waals surface area contributed by atoms with Crippen molar-refractivity contribution in [3.05, 3.63) is 64.6 Å². The van der Waals surface area contributed by atoms with E-state index in [4.69, 9.17) is 9.47 Å². The summed E-state index contributed by atoms with van der Waals surface area (Å²) in [4.78, 5) is 19.3. The molecule has 0 N–H and O–H groups in total. The predicted octanol–water partition coefficient (Wildman–Crippen LogP) is 5.42. The quantitative estimate of drug-likeness (QED) is 0.484. The lowest BCUT2D eigenvalue weighted by atomic mass is 9.99. The number of hydrogen-bond acceptors (Lipinski definition) is 5. The highest BCUT2D eigenvalue weighted by Gasteiger charge is 2.36. The highest BCUT2D eigenvalue weighted by Crippen LogP contribution is 2.37. The molecule has 154 valence electrons. The fourth-order valence-electron chi connectivity index (χ4n) is 3.48. The maximum absolute atomic E-state index is 13.0. The summed E-state index contributed by atoms with van der Waals surface area (Å²) in [6, 6.07) is 17.6. The van der Waals surface area contributed by atoms with Crippen LogP contribution in [0.1, 0.15) is 5.56 Å². The molecule has 0 aromatic heterocycles. The van der Waals surface area contributed by atoms with Crippen molar-refractivity contribution in [2.24, 2.45) is 4.99 Å². The number of thioether (sulfide) groups is 1. The molecule has 3 aromatic carbocycles. The molecule has 0 unspecified atom stereocenters. The van der Waals surface area contributed by atoms with Gasteiger partial charge in [0.15, 0.2) is 5.17 Å². The first-order valence-corrected chi connectivity index (χ1v) is 11.1. The summed E-state index contributed by atoms with van der Waals surface area (Å²) >= 11 is 4.92. The lowest BCUT2D eigenvalue weighted by Gasteiger charge is -2.15. The van der Waals surface area contributed by atoms with Crippen LogP contribution in [0, 0.1) is 0 Å². The van der Waals surface area contributed by atoms with Crippen LogP contribution in [-0.2, 0) is 11.2 Å². The van der Waals surface area contributed by atoms with Crippen LogP contribution in [0.4, 0.5) is 5.69 Å². The zero-order valence-electron chi connectivity index (χ0n) is 16.9. The number of ether oxygens (including phenoxy) is 2. The van der Waals surface area contributed by atoms with E-state index in [-0.39, 0.29) is 11.2 Å². The topological polar surface area (TPSA) is 51.1 Å². The number of carbonyl (C=O) groups is 1. The van der Waals surface area contributed by atoms with E-state index in [1.807, 2.05) is 54.6 Å². The van der Waals surface area contributed by atoms with Gasteiger partial charge < -0.3 is 9.47 Å². The number of carbonyl (C=O) groups excluding carboxylic acids is 1. The number of hydrogen-bond donors (Lipinski definition) is 0. The van der Waals surface area contributed by atoms with E-state index in [0.717, 1.165) is 38.0 Å². The van der Waals surface area contributed by atoms with E-state index < -0.39 is 0 Å². The van der Waals surface area contributed by atoms with Gasteiger partial charge in [0, 0.05) is 17.1 Å². The van der Waals surface area contributed by atoms with Crippen molar-refractivity contribution in [1.29, 1.82) is 0 Å². The van der Waals surface area contributed by atoms with Crippen LogP contribution in [0.5, 0.6) is 11.5 Å². The minimum absolute atomic E-state index is 0.0396. The van der Waals surface area contributed by atoms with Crippen LogP contribution < -0.4 is 9.47 Å². The fraction of sp³-hybridized carbons (Fsp3) is 0.217. The maximum Gasteiger partial charge on any atom is 0.242 e. The number of benzene rings is 3. The largest absolute Gasteiger partial charge is 0.497 e. The molecule has 1 saturated heterocycles. The Labute approximate surface area is 188 Å². The fourth-order valence-corrected chi connectivity index (χ4v) is 4.91. The summed E-state index contributed by atoms with van der Waals surface area (Å²) in [6.45, 7) is 0. The second kappa shape index (κ2) is 8.70. The maximum atomic E-state index is 13.0. The van der Waals surface area contributed by atoms with Gasteiger partial charge in [-0.3, -0.25) is 9.69 Å². The minimum Gasteiger partial charge on any atom is -0.497 e. The van der Waals surface area contributed by atoms with Gasteiger partial charge in [-0.15, -0.1) is 0 Å². The van der Waals surface area contributed by atoms with Gasteiger partial charge in [-0.25, -0.2) is 4.99 Å². The standard InChI is InChI=1S/C23H21BrN2O3S/c1-26-22(27)21(30-23(26)25-16-8-6-15(24)7-9-16)13-19-18-12-17(28-2)10-4-14(18)5-11-20(19)29-3/h4-12,21H,13H2,1-3H3/t21-/m0/s1. The van der Waals surface area contributed by atoms with E-state index in [0.29, 0.717) is 11.6 Å². The number of fused-ring (bicyclic) bond motifs is 1. The molecule has 4 rings (SSSR count). The van der Waals surface area contributed by atoms with Crippen molar-refractivity contribution < 1.29 is 14.3 Å². The molecule has 0 spiro atoms. The molecular weight excluding hydrogens is 464 g/mol. The summed E-state index contributed by atoms with van der Waals surface area (Å²) < 4.78 is 12.0. The molecule has 3 aromatic rings. The smallest absolute Gasteiger partial charge is 0.242 e. The molecule has 0 bridgehead atoms. The lowest BCUT2D eigenvalue weighted by molar-refractivity contribution is -0.125. The molecule has 1 aliphatic heterocycles. The van der Waals surface area contributed by atoms with Gasteiger partial charge in [-0.1, -0.05) is 39.8 Å². The Kier molecular flexibility index (Phi) is 6.01. The monoisotopic (exact) mass is 484 g/mol. The third-order valence-corrected chi connectivity index (χ3v) is 6.86. The van der Waals surface area contributed by atoms with E-state index in [9.17, 15) is 4.79 Å². The van der Waals surface area contributed by atoms with Crippen LogP contribution in [0.3, 0.4) is 0 Å². The number of methoxy groups -OCH3 is 2. The van der Waals surface area contributed by atoms with Crippen molar-refractivity contribution in [1.82, 2.24) is 4.90 Å². The third-order valence-electron chi connectivity index (χ3n) is 5.10. The number of halogens is 1. The van der Waals surface area contributed by atoms with Gasteiger partial charge in [0.1, 0.15) is 11.5 Å². The number of nitrogens with zero attached hydrogens (tertiary/aromatic N) is 2. The van der Waals surface area contributed by atoms with Gasteiger partial charge in [0.05, 0.1) is 25.2 Å². The Bertz CT molecular complexity index is 1130. The zero-order valence-corrected chi connectivity index (χ0v) is 19.3. The van der Waals surface area contributed by atoms with E-state index >= 15 is 0 Å². The predicted molar refractivity (Wildman–Crippen MR) is 126 cm³/mol. The van der Waals surface area contributed by atoms with Gasteiger partial charge in [0.25, 0.3) is 0 Å². The first-order chi connectivity index (χ1) is 14.5. The van der Waals surface area contributed by atoms with Crippen LogP contribution in [-0.4, -0.2) is 42.5 Å². The van der Waals surface area contributed by atoms with Crippen LogP contribution in [0.2, 0.25) is 0 Å². The number of aliphatic imine (C=N–C) groups is 1. The first kappa shape index (κ1) is 20.8. The summed E-state index contributed by atoms with van der Waals surface area (Å²) in [5.41, 5.74) is 1.81. The second-order valence-corrected chi connectivity index (χ2v) is 9.00. The lowest BCUT2D eigenvalue weighted by Crippen LogP contribution is -2.28. The Morgan fingerprint density at radius 2 is 1.80 bits per heavy atom. The molecular formula is C23H21BrN2O3S. The van der Waals surface area contributed by atoms with Crippen molar-refractivity contribution in [3.8, 4) is 11.5 Å². The number of amides is 1. The summed E-state index contributed by atoms with van der Waals surface area (Å²) in [5.74, 6) is 1.58. The molecule has 1 atom stereocenters. The molecule has 1 heterocycles. The summed E-state index contributed by atoms with van der Waals surface area (Å²) in [7, 11) is 5.08. The van der Waals surface area contributed by atoms with Crippen molar-refractivity contribution in [3.63, 3.8) is 0 Å². The molecule has 7 heteroatoms. The van der Waals surface area contributed by atoms with E-state index in [1.165, 1.54) is 11.8 Å². The average Bonchev–Trinajstić information content (AvgIpc) is 3.03. The molecule has 5 nitrogen and oxygen atoms in total. The van der Waals surface area contributed by atoms with Gasteiger partial charge in [0.2, 0.25) is 5.91 Å². The SMILES string of the molecule is COc1ccc2ccc(OC)c(C[C@@H]3SC(=Nc4ccc(Br)cc4)N(C)C3=O)c2c1. The van der Waals surface area contributed by atoms with Crippen molar-refractivity contribution in [2.75, 3.05) is 21.3 Å². The third kappa shape index (κ3) is 4.04. The molecule has 0 radical (unpaired) electrons. The second-order valence-electron chi connectivity index (χ2n) is 6.91. The average molecular weight is 485 g/mol. The molecule has 30 heavy (non-hydrogen) atoms. The Morgan fingerprint density at radius 3 is 2.50 bits per heavy atom. The number of rotatable bonds is 5. The molecule has 1 amide bonds. The molecule has 0 saturated carbocycles. The van der Waals surface area contributed by atoms with Crippen LogP contribution >= 0.6 is 27.7 Å². The van der Waals surface area contributed by atoms with Crippen molar-refractivity contribution in [2.45, 2.75) is 11.7 Å². The van der Waals surface area contributed by atoms with Gasteiger partial charge in [-0.05, 0) is 59.7 Å². The Morgan fingerprint density at radius 1 is 1.07 bits per heavy atom. The summed E-state index contributed by atoms with van der Waals surface area (Å²) in [5, 5.41) is 2.54. The number of amidine groups is 1. The van der Waals surface area contributed by atoms with Crippen LogP contribution in [0.15, 0.2) is 64.1 Å². The van der Waals surface area contributed by atoms with Gasteiger partial charge in [-0.2, -0.15) is 0 Å². The van der Waals surface area contributed by atoms with Crippen molar-refractivity contribution >= 4 is 55.2 Å². The highest BCUT2D eigenvalue weighted by molar-refractivity contribution is 9.10. The normalized spacial score (nSPS) is 17.7. The van der Waals surface area contributed by atoms with E-state index in [2.05, 4.69) is 20.9 Å². The Balaban J connectivity index is 1.68.